The van der Waals surface area contributed by atoms with E-state index in [0.29, 0.717) is 30.9 Å². The minimum atomic E-state index is -0.329. The Hall–Kier alpha value is -0.930. The lowest BCUT2D eigenvalue weighted by molar-refractivity contribution is -0.135. The van der Waals surface area contributed by atoms with E-state index in [4.69, 9.17) is 19.9 Å². The van der Waals surface area contributed by atoms with E-state index in [9.17, 15) is 4.79 Å². The monoisotopic (exact) mass is 477 g/mol. The zero-order valence-electron chi connectivity index (χ0n) is 14.8. The van der Waals surface area contributed by atoms with Crippen LogP contribution in [-0.2, 0) is 19.0 Å². The molecule has 2 rings (SSSR count). The van der Waals surface area contributed by atoms with Crippen molar-refractivity contribution < 1.29 is 19.0 Å². The van der Waals surface area contributed by atoms with Crippen LogP contribution in [0.1, 0.15) is 20.3 Å². The molecule has 1 aliphatic heterocycles. The molecule has 1 saturated heterocycles. The van der Waals surface area contributed by atoms with Crippen LogP contribution in [0.25, 0.3) is 0 Å². The molecular weight excluding hydrogens is 453 g/mol. The fraction of sp³-hybridized carbons (Fsp3) is 0.500. The van der Waals surface area contributed by atoms with E-state index in [1.54, 1.807) is 16.0 Å². The highest BCUT2D eigenvalue weighted by atomic mass is 127. The van der Waals surface area contributed by atoms with Crippen LogP contribution < -0.4 is 5.73 Å². The smallest absolute Gasteiger partial charge is 0.342 e. The van der Waals surface area contributed by atoms with Crippen LogP contribution in [-0.4, -0.2) is 38.6 Å². The van der Waals surface area contributed by atoms with Gasteiger partial charge in [-0.15, -0.1) is 0 Å². The summed E-state index contributed by atoms with van der Waals surface area (Å²) >= 11 is 2.23. The molecule has 0 saturated carbocycles. The van der Waals surface area contributed by atoms with Crippen molar-refractivity contribution in [3.8, 4) is 0 Å². The molecule has 1 aliphatic carbocycles. The number of fused-ring (bicyclic) bond motifs is 1. The number of halogens is 1. The average molecular weight is 477 g/mol. The van der Waals surface area contributed by atoms with Crippen molar-refractivity contribution in [1.29, 1.82) is 0 Å². The van der Waals surface area contributed by atoms with Gasteiger partial charge in [-0.1, -0.05) is 33.6 Å². The Balaban J connectivity index is 2.54. The third-order valence-corrected chi connectivity index (χ3v) is 5.79. The van der Waals surface area contributed by atoms with Crippen LogP contribution in [0.15, 0.2) is 46.0 Å². The number of esters is 1. The lowest BCUT2D eigenvalue weighted by atomic mass is 10.00. The largest absolute Gasteiger partial charge is 0.500 e. The Kier molecular flexibility index (Phi) is 7.89. The zero-order chi connectivity index (χ0) is 18.4. The number of carbonyl (C=O) groups is 1. The molecule has 2 aliphatic rings. The maximum Gasteiger partial charge on any atom is 0.342 e. The summed E-state index contributed by atoms with van der Waals surface area (Å²) < 4.78 is 17.0. The Morgan fingerprint density at radius 1 is 1.56 bits per heavy atom. The summed E-state index contributed by atoms with van der Waals surface area (Å²) in [6.07, 6.45) is 4.69. The molecule has 0 radical (unpaired) electrons. The molecule has 1 heterocycles. The second-order valence-corrected chi connectivity index (χ2v) is 8.42. The molecule has 1 fully saturated rings. The lowest BCUT2D eigenvalue weighted by Gasteiger charge is -2.19. The normalized spacial score (nSPS) is 21.0. The van der Waals surface area contributed by atoms with Gasteiger partial charge >= 0.3 is 5.97 Å². The number of nitrogens with two attached hydrogens (primary N) is 1. The van der Waals surface area contributed by atoms with Crippen LogP contribution >= 0.6 is 30.1 Å². The number of rotatable bonds is 8. The Bertz CT molecular complexity index is 651. The van der Waals surface area contributed by atoms with Crippen molar-refractivity contribution in [3.05, 3.63) is 46.0 Å². The highest BCUT2D eigenvalue weighted by molar-refractivity contribution is 14.2. The topological polar surface area (TPSA) is 70.8 Å². The Labute approximate surface area is 165 Å². The van der Waals surface area contributed by atoms with Gasteiger partial charge in [0.1, 0.15) is 23.7 Å². The maximum atomic E-state index is 12.3. The van der Waals surface area contributed by atoms with E-state index in [1.807, 2.05) is 13.0 Å². The summed E-state index contributed by atoms with van der Waals surface area (Å²) in [5.41, 5.74) is 9.08. The van der Waals surface area contributed by atoms with Gasteiger partial charge in [0.25, 0.3) is 0 Å². The molecule has 0 spiro atoms. The van der Waals surface area contributed by atoms with Gasteiger partial charge in [0.15, 0.2) is 0 Å². The minimum absolute atomic E-state index is 0.0335. The molecule has 7 heteroatoms. The van der Waals surface area contributed by atoms with Crippen LogP contribution in [0.5, 0.6) is 0 Å². The van der Waals surface area contributed by atoms with Crippen LogP contribution in [0, 0.1) is 5.92 Å². The number of ether oxygens (including phenoxy) is 3. The van der Waals surface area contributed by atoms with Gasteiger partial charge < -0.3 is 19.9 Å². The molecule has 0 aromatic heterocycles. The first-order valence-corrected chi connectivity index (χ1v) is 11.7. The van der Waals surface area contributed by atoms with Gasteiger partial charge in [-0.05, 0) is 34.6 Å². The van der Waals surface area contributed by atoms with Crippen molar-refractivity contribution in [2.75, 3.05) is 32.6 Å². The number of carbonyl (C=O) groups excluding carboxylic acids is 1. The highest BCUT2D eigenvalue weighted by Crippen LogP contribution is 2.38. The first kappa shape index (κ1) is 20.4. The molecule has 0 bridgehead atoms. The number of hydrogen-bond acceptors (Lipinski definition) is 6. The van der Waals surface area contributed by atoms with Crippen LogP contribution in [0.3, 0.4) is 0 Å². The second kappa shape index (κ2) is 9.68. The molecule has 1 unspecified atom stereocenters. The molecule has 138 valence electrons. The predicted molar refractivity (Wildman–Crippen MR) is 109 cm³/mol. The van der Waals surface area contributed by atoms with E-state index < -0.39 is 0 Å². The third kappa shape index (κ3) is 4.83. The summed E-state index contributed by atoms with van der Waals surface area (Å²) in [6, 6.07) is 0. The summed E-state index contributed by atoms with van der Waals surface area (Å²) in [5, 5.41) is 0. The average Bonchev–Trinajstić information content (AvgIpc) is 2.90. The molecular formula is C18H24INO4S. The summed E-state index contributed by atoms with van der Waals surface area (Å²) in [5.74, 6) is 1.94. The van der Waals surface area contributed by atoms with Crippen molar-refractivity contribution in [3.63, 3.8) is 0 Å². The fourth-order valence-corrected chi connectivity index (χ4v) is 3.59. The highest BCUT2D eigenvalue weighted by Gasteiger charge is 2.35. The minimum Gasteiger partial charge on any atom is -0.500 e. The van der Waals surface area contributed by atoms with E-state index in [1.165, 1.54) is 0 Å². The quantitative estimate of drug-likeness (QED) is 0.249. The van der Waals surface area contributed by atoms with Gasteiger partial charge in [-0.2, -0.15) is 0 Å². The molecule has 0 aromatic carbocycles. The van der Waals surface area contributed by atoms with E-state index in [2.05, 4.69) is 34.2 Å². The van der Waals surface area contributed by atoms with Crippen molar-refractivity contribution in [2.24, 2.45) is 11.7 Å². The molecule has 25 heavy (non-hydrogen) atoms. The van der Waals surface area contributed by atoms with Gasteiger partial charge in [-0.25, -0.2) is 4.79 Å². The van der Waals surface area contributed by atoms with E-state index in [0.717, 1.165) is 28.2 Å². The van der Waals surface area contributed by atoms with Crippen LogP contribution in [0.4, 0.5) is 0 Å². The van der Waals surface area contributed by atoms with E-state index >= 15 is 0 Å². The maximum absolute atomic E-state index is 12.3. The third-order valence-electron chi connectivity index (χ3n) is 4.15. The predicted octanol–water partition coefficient (Wildman–Crippen LogP) is 3.67. The fourth-order valence-electron chi connectivity index (χ4n) is 2.90. The summed E-state index contributed by atoms with van der Waals surface area (Å²) in [6.45, 7) is 5.33. The number of allylic oxidation sites excluding steroid dienone is 3. The summed E-state index contributed by atoms with van der Waals surface area (Å²) in [4.78, 5) is 12.3. The number of cyclic esters (lactones) is 1. The SMILES string of the molecule is COC1=C(C/C=C(\C)CN)C(OCCSI)=C2C(=O)OCC2=CC1C. The first-order valence-electron chi connectivity index (χ1n) is 8.15. The van der Waals surface area contributed by atoms with Gasteiger partial charge in [0, 0.05) is 29.4 Å². The standard InChI is InChI=1S/C18H24INO4S/c1-11(9-20)4-5-14-16(22-3)12(2)8-13-10-24-18(21)15(13)17(14)23-6-7-25-19/h4,8,12H,5-7,9-10,20H2,1-3H3/b11-4+. The van der Waals surface area contributed by atoms with Gasteiger partial charge in [-0.3, -0.25) is 0 Å². The first-order chi connectivity index (χ1) is 12.0. The van der Waals surface area contributed by atoms with Gasteiger partial charge in [0.2, 0.25) is 0 Å². The van der Waals surface area contributed by atoms with Crippen molar-refractivity contribution in [1.82, 2.24) is 0 Å². The van der Waals surface area contributed by atoms with E-state index in [-0.39, 0.29) is 18.5 Å². The Morgan fingerprint density at radius 3 is 2.96 bits per heavy atom. The molecule has 5 nitrogen and oxygen atoms in total. The molecule has 1 atom stereocenters. The number of methoxy groups -OCH3 is 1. The summed E-state index contributed by atoms with van der Waals surface area (Å²) in [7, 11) is 3.33. The van der Waals surface area contributed by atoms with Gasteiger partial charge in [0.05, 0.1) is 13.7 Å². The van der Waals surface area contributed by atoms with Crippen molar-refractivity contribution in [2.45, 2.75) is 20.3 Å². The zero-order valence-corrected chi connectivity index (χ0v) is 17.7. The molecule has 0 amide bonds. The van der Waals surface area contributed by atoms with Crippen molar-refractivity contribution >= 4 is 36.1 Å². The second-order valence-electron chi connectivity index (χ2n) is 5.93. The van der Waals surface area contributed by atoms with Crippen LogP contribution in [0.2, 0.25) is 0 Å². The Morgan fingerprint density at radius 2 is 2.32 bits per heavy atom. The molecule has 2 N–H and O–H groups in total. The lowest BCUT2D eigenvalue weighted by Crippen LogP contribution is -2.11. The number of hydrogen-bond donors (Lipinski definition) is 1. The molecule has 0 aromatic rings.